The third kappa shape index (κ3) is 3.48. The SMILES string of the molecule is NC(=O)C(O)CC(=O)O. The maximum atomic E-state index is 9.94. The molecule has 0 aromatic carbocycles. The van der Waals surface area contributed by atoms with Crippen LogP contribution in [0.25, 0.3) is 0 Å². The number of primary amides is 1. The first kappa shape index (κ1) is 7.90. The third-order valence-electron chi connectivity index (χ3n) is 0.696. The molecule has 52 valence electrons. The molecule has 0 saturated heterocycles. The van der Waals surface area contributed by atoms with E-state index in [1.165, 1.54) is 0 Å². The third-order valence-corrected chi connectivity index (χ3v) is 0.696. The van der Waals surface area contributed by atoms with Crippen LogP contribution in [0.15, 0.2) is 0 Å². The van der Waals surface area contributed by atoms with Crippen LogP contribution < -0.4 is 5.73 Å². The Hall–Kier alpha value is -1.10. The molecule has 0 aliphatic rings. The molecule has 4 N–H and O–H groups in total. The number of amides is 1. The summed E-state index contributed by atoms with van der Waals surface area (Å²) in [6.45, 7) is 0. The quantitative estimate of drug-likeness (QED) is 0.427. The molecule has 0 aliphatic carbocycles. The van der Waals surface area contributed by atoms with Crippen LogP contribution in [0.3, 0.4) is 0 Å². The van der Waals surface area contributed by atoms with Crippen molar-refractivity contribution in [1.82, 2.24) is 0 Å². The van der Waals surface area contributed by atoms with Crippen LogP contribution in [0, 0.1) is 0 Å². The number of rotatable bonds is 3. The van der Waals surface area contributed by atoms with Crippen LogP contribution in [0.5, 0.6) is 0 Å². The molecule has 0 saturated carbocycles. The van der Waals surface area contributed by atoms with E-state index < -0.39 is 24.4 Å². The zero-order chi connectivity index (χ0) is 7.44. The Morgan fingerprint density at radius 3 is 2.11 bits per heavy atom. The lowest BCUT2D eigenvalue weighted by atomic mass is 10.2. The number of nitrogens with two attached hydrogens (primary N) is 1. The molecule has 0 aromatic heterocycles. The fourth-order valence-electron chi connectivity index (χ4n) is 0.266. The number of aliphatic hydroxyl groups is 1. The van der Waals surface area contributed by atoms with E-state index in [4.69, 9.17) is 10.2 Å². The number of hydrogen-bond acceptors (Lipinski definition) is 3. The fraction of sp³-hybridized carbons (Fsp3) is 0.500. The van der Waals surface area contributed by atoms with Gasteiger partial charge in [-0.05, 0) is 0 Å². The molecule has 0 bridgehead atoms. The van der Waals surface area contributed by atoms with E-state index in [9.17, 15) is 9.59 Å². The largest absolute Gasteiger partial charge is 0.481 e. The molecule has 1 atom stereocenters. The summed E-state index contributed by atoms with van der Waals surface area (Å²) in [5.41, 5.74) is 4.53. The molecule has 1 amide bonds. The number of aliphatic hydroxyl groups excluding tert-OH is 1. The van der Waals surface area contributed by atoms with E-state index in [0.717, 1.165) is 0 Å². The highest BCUT2D eigenvalue weighted by atomic mass is 16.4. The van der Waals surface area contributed by atoms with Crippen molar-refractivity contribution in [2.75, 3.05) is 0 Å². The van der Waals surface area contributed by atoms with Crippen LogP contribution in [0.4, 0.5) is 0 Å². The van der Waals surface area contributed by atoms with Gasteiger partial charge < -0.3 is 15.9 Å². The van der Waals surface area contributed by atoms with Gasteiger partial charge in [-0.15, -0.1) is 0 Å². The average Bonchev–Trinajstić information content (AvgIpc) is 1.63. The number of carbonyl (C=O) groups is 2. The Morgan fingerprint density at radius 1 is 1.56 bits per heavy atom. The topological polar surface area (TPSA) is 101 Å². The summed E-state index contributed by atoms with van der Waals surface area (Å²) < 4.78 is 0. The molecule has 0 rings (SSSR count). The smallest absolute Gasteiger partial charge is 0.306 e. The molecule has 0 aliphatic heterocycles. The van der Waals surface area contributed by atoms with Gasteiger partial charge in [0.15, 0.2) is 0 Å². The van der Waals surface area contributed by atoms with E-state index in [-0.39, 0.29) is 0 Å². The fourth-order valence-corrected chi connectivity index (χ4v) is 0.266. The maximum absolute atomic E-state index is 9.94. The lowest BCUT2D eigenvalue weighted by molar-refractivity contribution is -0.142. The number of hydrogen-bond donors (Lipinski definition) is 3. The summed E-state index contributed by atoms with van der Waals surface area (Å²) in [6, 6.07) is 0. The molecule has 5 nitrogen and oxygen atoms in total. The second-order valence-corrected chi connectivity index (χ2v) is 1.52. The maximum Gasteiger partial charge on any atom is 0.306 e. The highest BCUT2D eigenvalue weighted by Gasteiger charge is 2.13. The van der Waals surface area contributed by atoms with Crippen molar-refractivity contribution < 1.29 is 19.8 Å². The van der Waals surface area contributed by atoms with Gasteiger partial charge in [-0.2, -0.15) is 0 Å². The van der Waals surface area contributed by atoms with Crippen LogP contribution in [0.1, 0.15) is 6.42 Å². The van der Waals surface area contributed by atoms with Crippen LogP contribution in [-0.4, -0.2) is 28.2 Å². The molecule has 0 aromatic rings. The number of carboxylic acids is 1. The average molecular weight is 133 g/mol. The second-order valence-electron chi connectivity index (χ2n) is 1.52. The zero-order valence-electron chi connectivity index (χ0n) is 4.57. The van der Waals surface area contributed by atoms with Crippen molar-refractivity contribution in [1.29, 1.82) is 0 Å². The Kier molecular flexibility index (Phi) is 2.66. The summed E-state index contributed by atoms with van der Waals surface area (Å²) in [4.78, 5) is 19.7. The van der Waals surface area contributed by atoms with Crippen molar-refractivity contribution in [2.24, 2.45) is 5.73 Å². The van der Waals surface area contributed by atoms with Crippen molar-refractivity contribution in [3.63, 3.8) is 0 Å². The molecule has 0 fully saturated rings. The van der Waals surface area contributed by atoms with Gasteiger partial charge in [-0.3, -0.25) is 9.59 Å². The predicted octanol–water partition coefficient (Wildman–Crippen LogP) is -1.69. The summed E-state index contributed by atoms with van der Waals surface area (Å²) in [6.07, 6.45) is -2.20. The van der Waals surface area contributed by atoms with E-state index in [0.29, 0.717) is 0 Å². The Morgan fingerprint density at radius 2 is 2.00 bits per heavy atom. The Labute approximate surface area is 51.1 Å². The summed E-state index contributed by atoms with van der Waals surface area (Å²) in [5.74, 6) is -2.27. The molecular weight excluding hydrogens is 126 g/mol. The van der Waals surface area contributed by atoms with E-state index in [2.05, 4.69) is 5.73 Å². The van der Waals surface area contributed by atoms with Crippen molar-refractivity contribution in [3.8, 4) is 0 Å². The zero-order valence-corrected chi connectivity index (χ0v) is 4.57. The van der Waals surface area contributed by atoms with Crippen LogP contribution in [-0.2, 0) is 9.59 Å². The van der Waals surface area contributed by atoms with Crippen molar-refractivity contribution in [2.45, 2.75) is 12.5 Å². The molecule has 0 spiro atoms. The molecule has 1 unspecified atom stereocenters. The first-order valence-corrected chi connectivity index (χ1v) is 2.23. The normalized spacial score (nSPS) is 12.6. The van der Waals surface area contributed by atoms with Gasteiger partial charge in [0.05, 0.1) is 6.42 Å². The molecule has 0 heterocycles. The van der Waals surface area contributed by atoms with Crippen LogP contribution in [0.2, 0.25) is 0 Å². The monoisotopic (exact) mass is 133 g/mol. The number of aliphatic carboxylic acids is 1. The van der Waals surface area contributed by atoms with Crippen molar-refractivity contribution >= 4 is 11.9 Å². The lowest BCUT2D eigenvalue weighted by Crippen LogP contribution is -2.30. The minimum Gasteiger partial charge on any atom is -0.481 e. The standard InChI is InChI=1S/C4H7NO4/c5-4(9)2(6)1-3(7)8/h2,6H,1H2,(H2,5,9)(H,7,8). The summed E-state index contributed by atoms with van der Waals surface area (Å²) >= 11 is 0. The van der Waals surface area contributed by atoms with E-state index in [1.54, 1.807) is 0 Å². The molecule has 0 radical (unpaired) electrons. The highest BCUT2D eigenvalue weighted by molar-refractivity contribution is 5.83. The van der Waals surface area contributed by atoms with E-state index >= 15 is 0 Å². The first-order chi connectivity index (χ1) is 4.04. The molecule has 5 heteroatoms. The van der Waals surface area contributed by atoms with Gasteiger partial charge in [-0.1, -0.05) is 0 Å². The Bertz CT molecular complexity index is 133. The summed E-state index contributed by atoms with van der Waals surface area (Å²) in [5, 5.41) is 16.4. The van der Waals surface area contributed by atoms with Gasteiger partial charge in [0.25, 0.3) is 0 Å². The Balaban J connectivity index is 3.63. The van der Waals surface area contributed by atoms with Gasteiger partial charge in [0.1, 0.15) is 6.10 Å². The number of carboxylic acid groups (broad SMARTS) is 1. The highest BCUT2D eigenvalue weighted by Crippen LogP contribution is 1.87. The minimum absolute atomic E-state index is 0.630. The van der Waals surface area contributed by atoms with E-state index in [1.807, 2.05) is 0 Å². The summed E-state index contributed by atoms with van der Waals surface area (Å²) in [7, 11) is 0. The van der Waals surface area contributed by atoms with Gasteiger partial charge in [-0.25, -0.2) is 0 Å². The van der Waals surface area contributed by atoms with Gasteiger partial charge in [0, 0.05) is 0 Å². The van der Waals surface area contributed by atoms with Gasteiger partial charge in [0.2, 0.25) is 5.91 Å². The van der Waals surface area contributed by atoms with Gasteiger partial charge >= 0.3 is 5.97 Å². The predicted molar refractivity (Wildman–Crippen MR) is 27.5 cm³/mol. The van der Waals surface area contributed by atoms with Crippen molar-refractivity contribution in [3.05, 3.63) is 0 Å². The molecule has 9 heavy (non-hydrogen) atoms. The second kappa shape index (κ2) is 3.03. The number of carbonyl (C=O) groups excluding carboxylic acids is 1. The minimum atomic E-state index is -1.57. The van der Waals surface area contributed by atoms with Crippen LogP contribution >= 0.6 is 0 Å². The lowest BCUT2D eigenvalue weighted by Gasteiger charge is -1.99. The first-order valence-electron chi connectivity index (χ1n) is 2.23. The molecular formula is C4H7NO4.